The number of piperidine rings is 1. The number of pyridine rings is 1. The SMILES string of the molecule is NC(=O)CN1CCC[C@@H](c2cncc(Nc3ccccn3)n2)C1. The van der Waals surface area contributed by atoms with E-state index in [2.05, 4.69) is 25.2 Å². The van der Waals surface area contributed by atoms with Crippen LogP contribution in [0.1, 0.15) is 24.5 Å². The molecular weight excluding hydrogens is 292 g/mol. The standard InChI is InChI=1S/C16H20N6O/c17-14(23)11-22-7-3-4-12(10-22)13-8-18-9-16(20-13)21-15-5-1-2-6-19-15/h1-2,5-6,8-9,12H,3-4,7,10-11H2,(H2,17,23)(H,19,20,21)/t12-/m1/s1. The van der Waals surface area contributed by atoms with Crippen LogP contribution in [0, 0.1) is 0 Å². The van der Waals surface area contributed by atoms with Gasteiger partial charge >= 0.3 is 0 Å². The van der Waals surface area contributed by atoms with Crippen molar-refractivity contribution in [2.24, 2.45) is 5.73 Å². The summed E-state index contributed by atoms with van der Waals surface area (Å²) in [5.74, 6) is 1.38. The summed E-state index contributed by atoms with van der Waals surface area (Å²) in [7, 11) is 0. The maximum Gasteiger partial charge on any atom is 0.231 e. The first-order valence-electron chi connectivity index (χ1n) is 7.71. The first-order valence-corrected chi connectivity index (χ1v) is 7.71. The van der Waals surface area contributed by atoms with Gasteiger partial charge in [0, 0.05) is 24.9 Å². The lowest BCUT2D eigenvalue weighted by Gasteiger charge is -2.31. The summed E-state index contributed by atoms with van der Waals surface area (Å²) in [4.78, 5) is 26.3. The Labute approximate surface area is 135 Å². The second kappa shape index (κ2) is 7.15. The molecule has 120 valence electrons. The maximum absolute atomic E-state index is 11.1. The quantitative estimate of drug-likeness (QED) is 0.863. The number of primary amides is 1. The monoisotopic (exact) mass is 312 g/mol. The predicted molar refractivity (Wildman–Crippen MR) is 87.2 cm³/mol. The molecule has 23 heavy (non-hydrogen) atoms. The highest BCUT2D eigenvalue weighted by atomic mass is 16.1. The van der Waals surface area contributed by atoms with E-state index in [0.29, 0.717) is 12.4 Å². The maximum atomic E-state index is 11.1. The van der Waals surface area contributed by atoms with E-state index in [1.54, 1.807) is 18.6 Å². The second-order valence-corrected chi connectivity index (χ2v) is 5.71. The summed E-state index contributed by atoms with van der Waals surface area (Å²) in [6.07, 6.45) is 7.27. The fraction of sp³-hybridized carbons (Fsp3) is 0.375. The minimum atomic E-state index is -0.290. The molecule has 3 N–H and O–H groups in total. The summed E-state index contributed by atoms with van der Waals surface area (Å²) < 4.78 is 0. The first-order chi connectivity index (χ1) is 11.2. The zero-order valence-electron chi connectivity index (χ0n) is 12.9. The molecule has 0 saturated carbocycles. The van der Waals surface area contributed by atoms with Gasteiger partial charge in [0.05, 0.1) is 18.4 Å². The summed E-state index contributed by atoms with van der Waals surface area (Å²) >= 11 is 0. The first kappa shape index (κ1) is 15.4. The molecule has 1 aliphatic rings. The van der Waals surface area contributed by atoms with Crippen LogP contribution >= 0.6 is 0 Å². The Morgan fingerprint density at radius 2 is 2.26 bits per heavy atom. The second-order valence-electron chi connectivity index (χ2n) is 5.71. The summed E-state index contributed by atoms with van der Waals surface area (Å²) in [5, 5.41) is 3.15. The van der Waals surface area contributed by atoms with Crippen molar-refractivity contribution >= 4 is 17.5 Å². The van der Waals surface area contributed by atoms with Crippen molar-refractivity contribution in [3.63, 3.8) is 0 Å². The number of nitrogens with zero attached hydrogens (tertiary/aromatic N) is 4. The van der Waals surface area contributed by atoms with Crippen LogP contribution in [-0.2, 0) is 4.79 Å². The Balaban J connectivity index is 1.70. The van der Waals surface area contributed by atoms with Gasteiger partial charge in [-0.25, -0.2) is 9.97 Å². The number of hydrogen-bond acceptors (Lipinski definition) is 6. The van der Waals surface area contributed by atoms with Crippen LogP contribution in [0.2, 0.25) is 0 Å². The molecular formula is C16H20N6O. The molecule has 1 saturated heterocycles. The van der Waals surface area contributed by atoms with Crippen LogP contribution in [0.3, 0.4) is 0 Å². The number of nitrogens with two attached hydrogens (primary N) is 1. The van der Waals surface area contributed by atoms with Crippen molar-refractivity contribution in [2.45, 2.75) is 18.8 Å². The fourth-order valence-corrected chi connectivity index (χ4v) is 2.87. The zero-order chi connectivity index (χ0) is 16.1. The molecule has 0 radical (unpaired) electrons. The number of anilines is 2. The minimum absolute atomic E-state index is 0.265. The molecule has 7 heteroatoms. The van der Waals surface area contributed by atoms with Crippen molar-refractivity contribution in [3.8, 4) is 0 Å². The molecule has 0 unspecified atom stereocenters. The number of carbonyl (C=O) groups excluding carboxylic acids is 1. The van der Waals surface area contributed by atoms with Crippen LogP contribution in [0.25, 0.3) is 0 Å². The Hall–Kier alpha value is -2.54. The van der Waals surface area contributed by atoms with E-state index < -0.39 is 0 Å². The molecule has 1 fully saturated rings. The summed E-state index contributed by atoms with van der Waals surface area (Å²) in [5.41, 5.74) is 6.22. The highest BCUT2D eigenvalue weighted by Crippen LogP contribution is 2.26. The molecule has 3 heterocycles. The number of likely N-dealkylation sites (tertiary alicyclic amines) is 1. The van der Waals surface area contributed by atoms with Gasteiger partial charge in [-0.05, 0) is 31.5 Å². The lowest BCUT2D eigenvalue weighted by Crippen LogP contribution is -2.40. The fourth-order valence-electron chi connectivity index (χ4n) is 2.87. The number of amides is 1. The van der Waals surface area contributed by atoms with E-state index in [1.165, 1.54) is 0 Å². The Bertz CT molecular complexity index is 663. The number of hydrogen-bond donors (Lipinski definition) is 2. The average Bonchev–Trinajstić information content (AvgIpc) is 2.56. The van der Waals surface area contributed by atoms with Crippen molar-refractivity contribution in [3.05, 3.63) is 42.5 Å². The van der Waals surface area contributed by atoms with Gasteiger partial charge in [-0.1, -0.05) is 6.07 Å². The topological polar surface area (TPSA) is 97.0 Å². The van der Waals surface area contributed by atoms with Gasteiger partial charge in [0.25, 0.3) is 0 Å². The average molecular weight is 312 g/mol. The lowest BCUT2D eigenvalue weighted by atomic mass is 9.95. The predicted octanol–water partition coefficient (Wildman–Crippen LogP) is 1.28. The molecule has 2 aromatic rings. The van der Waals surface area contributed by atoms with Gasteiger partial charge in [0.15, 0.2) is 0 Å². The Kier molecular flexibility index (Phi) is 4.77. The largest absolute Gasteiger partial charge is 0.369 e. The number of aromatic nitrogens is 3. The molecule has 3 rings (SSSR count). The zero-order valence-corrected chi connectivity index (χ0v) is 12.9. The van der Waals surface area contributed by atoms with Crippen LogP contribution in [0.15, 0.2) is 36.8 Å². The van der Waals surface area contributed by atoms with Gasteiger partial charge in [0.1, 0.15) is 11.6 Å². The van der Waals surface area contributed by atoms with E-state index in [9.17, 15) is 4.79 Å². The minimum Gasteiger partial charge on any atom is -0.369 e. The Morgan fingerprint density at radius 1 is 1.35 bits per heavy atom. The molecule has 0 spiro atoms. The molecule has 7 nitrogen and oxygen atoms in total. The van der Waals surface area contributed by atoms with Gasteiger partial charge in [-0.15, -0.1) is 0 Å². The lowest BCUT2D eigenvalue weighted by molar-refractivity contribution is -0.119. The highest BCUT2D eigenvalue weighted by Gasteiger charge is 2.23. The molecule has 0 aromatic carbocycles. The third-order valence-corrected chi connectivity index (χ3v) is 3.88. The van der Waals surface area contributed by atoms with Gasteiger partial charge in [-0.3, -0.25) is 14.7 Å². The van der Waals surface area contributed by atoms with E-state index in [0.717, 1.165) is 37.4 Å². The van der Waals surface area contributed by atoms with E-state index in [1.807, 2.05) is 18.2 Å². The highest BCUT2D eigenvalue weighted by molar-refractivity contribution is 5.75. The van der Waals surface area contributed by atoms with Crippen LogP contribution < -0.4 is 11.1 Å². The molecule has 1 aliphatic heterocycles. The molecule has 2 aromatic heterocycles. The molecule has 1 atom stereocenters. The van der Waals surface area contributed by atoms with Gasteiger partial charge in [0.2, 0.25) is 5.91 Å². The third-order valence-electron chi connectivity index (χ3n) is 3.88. The van der Waals surface area contributed by atoms with E-state index in [-0.39, 0.29) is 11.8 Å². The number of nitrogens with one attached hydrogen (secondary N) is 1. The number of rotatable bonds is 5. The van der Waals surface area contributed by atoms with Crippen LogP contribution in [0.4, 0.5) is 11.6 Å². The summed E-state index contributed by atoms with van der Waals surface area (Å²) in [6, 6.07) is 5.65. The molecule has 0 bridgehead atoms. The number of carbonyl (C=O) groups is 1. The van der Waals surface area contributed by atoms with E-state index in [4.69, 9.17) is 5.73 Å². The smallest absolute Gasteiger partial charge is 0.231 e. The van der Waals surface area contributed by atoms with Gasteiger partial charge < -0.3 is 11.1 Å². The molecule has 1 amide bonds. The Morgan fingerprint density at radius 3 is 3.04 bits per heavy atom. The van der Waals surface area contributed by atoms with Crippen molar-refractivity contribution in [2.75, 3.05) is 25.0 Å². The van der Waals surface area contributed by atoms with Gasteiger partial charge in [-0.2, -0.15) is 0 Å². The normalized spacial score (nSPS) is 18.5. The van der Waals surface area contributed by atoms with E-state index >= 15 is 0 Å². The van der Waals surface area contributed by atoms with Crippen molar-refractivity contribution < 1.29 is 4.79 Å². The van der Waals surface area contributed by atoms with Crippen LogP contribution in [-0.4, -0.2) is 45.4 Å². The van der Waals surface area contributed by atoms with Crippen molar-refractivity contribution in [1.29, 1.82) is 0 Å². The van der Waals surface area contributed by atoms with Crippen molar-refractivity contribution in [1.82, 2.24) is 19.9 Å². The molecule has 0 aliphatic carbocycles. The van der Waals surface area contributed by atoms with Crippen LogP contribution in [0.5, 0.6) is 0 Å². The summed E-state index contributed by atoms with van der Waals surface area (Å²) in [6.45, 7) is 1.99. The third kappa shape index (κ3) is 4.23.